The van der Waals surface area contributed by atoms with E-state index in [-0.39, 0.29) is 0 Å². The molecular weight excluding hydrogens is 276 g/mol. The van der Waals surface area contributed by atoms with E-state index in [1.807, 2.05) is 0 Å². The summed E-state index contributed by atoms with van der Waals surface area (Å²) in [6, 6.07) is 11.6. The molecule has 7 saturated carbocycles. The molecule has 0 spiro atoms. The van der Waals surface area contributed by atoms with Gasteiger partial charge in [0.2, 0.25) is 0 Å². The molecule has 4 atom stereocenters. The Bertz CT molecular complexity index is 659. The van der Waals surface area contributed by atoms with Crippen molar-refractivity contribution in [2.75, 3.05) is 0 Å². The van der Waals surface area contributed by atoms with Gasteiger partial charge >= 0.3 is 0 Å². The van der Waals surface area contributed by atoms with Crippen LogP contribution in [0.15, 0.2) is 30.3 Å². The molecule has 7 aliphatic rings. The average Bonchev–Trinajstić information content (AvgIpc) is 2.52. The summed E-state index contributed by atoms with van der Waals surface area (Å²) in [5.74, 6) is 4.06. The smallest absolute Gasteiger partial charge is 0.00357 e. The van der Waals surface area contributed by atoms with E-state index >= 15 is 0 Å². The topological polar surface area (TPSA) is 0 Å². The van der Waals surface area contributed by atoms with Crippen LogP contribution in [-0.4, -0.2) is 0 Å². The molecule has 8 bridgehead atoms. The summed E-state index contributed by atoms with van der Waals surface area (Å²) in [6.45, 7) is 8.05. The second-order valence-corrected chi connectivity index (χ2v) is 11.1. The summed E-state index contributed by atoms with van der Waals surface area (Å²) in [6.07, 6.45) is 9.08. The molecule has 0 nitrogen and oxygen atoms in total. The minimum Gasteiger partial charge on any atom is -0.0622 e. The molecule has 0 aliphatic heterocycles. The molecule has 4 unspecified atom stereocenters. The van der Waals surface area contributed by atoms with Crippen molar-refractivity contribution in [3.8, 4) is 0 Å². The maximum Gasteiger partial charge on any atom is -0.00357 e. The molecule has 0 amide bonds. The standard InChI is InChI=1S/C23H30/c1-20-9-16-18-11-23(15-7-5-4-6-8-15)12-19(21(18,2)13-20)17(10-20)22(16,3)14-23/h4-8,16-19H,9-14H2,1-3H3. The van der Waals surface area contributed by atoms with E-state index in [1.165, 1.54) is 38.5 Å². The quantitative estimate of drug-likeness (QED) is 0.613. The lowest BCUT2D eigenvalue weighted by Gasteiger charge is -2.81. The predicted octanol–water partition coefficient (Wildman–Crippen LogP) is 5.82. The van der Waals surface area contributed by atoms with E-state index in [0.717, 1.165) is 23.7 Å². The molecule has 0 radical (unpaired) electrons. The molecule has 0 N–H and O–H groups in total. The van der Waals surface area contributed by atoms with Crippen LogP contribution < -0.4 is 0 Å². The third-order valence-corrected chi connectivity index (χ3v) is 9.92. The molecule has 23 heavy (non-hydrogen) atoms. The Morgan fingerprint density at radius 3 is 1.83 bits per heavy atom. The first kappa shape index (κ1) is 13.5. The maximum atomic E-state index is 2.71. The average molecular weight is 306 g/mol. The van der Waals surface area contributed by atoms with Gasteiger partial charge in [-0.25, -0.2) is 0 Å². The van der Waals surface area contributed by atoms with Gasteiger partial charge in [0.15, 0.2) is 0 Å². The van der Waals surface area contributed by atoms with E-state index in [1.54, 1.807) is 5.56 Å². The van der Waals surface area contributed by atoms with Crippen molar-refractivity contribution in [1.82, 2.24) is 0 Å². The highest BCUT2D eigenvalue weighted by Crippen LogP contribution is 2.84. The lowest BCUT2D eigenvalue weighted by molar-refractivity contribution is -0.313. The van der Waals surface area contributed by atoms with Crippen molar-refractivity contribution in [3.05, 3.63) is 35.9 Å². The Morgan fingerprint density at radius 2 is 1.22 bits per heavy atom. The Balaban J connectivity index is 1.55. The predicted molar refractivity (Wildman–Crippen MR) is 94.1 cm³/mol. The first-order chi connectivity index (χ1) is 10.9. The van der Waals surface area contributed by atoms with Crippen LogP contribution in [0.5, 0.6) is 0 Å². The van der Waals surface area contributed by atoms with Crippen LogP contribution in [0, 0.1) is 39.9 Å². The first-order valence-corrected chi connectivity index (χ1v) is 9.94. The van der Waals surface area contributed by atoms with Crippen LogP contribution in [0.4, 0.5) is 0 Å². The molecule has 8 rings (SSSR count). The Labute approximate surface area is 141 Å². The number of rotatable bonds is 1. The van der Waals surface area contributed by atoms with E-state index < -0.39 is 0 Å². The molecule has 1 aromatic carbocycles. The van der Waals surface area contributed by atoms with Gasteiger partial charge in [0.25, 0.3) is 0 Å². The van der Waals surface area contributed by atoms with E-state index in [4.69, 9.17) is 0 Å². The molecular formula is C23H30. The normalized spacial score (nSPS) is 61.3. The summed E-state index contributed by atoms with van der Waals surface area (Å²) < 4.78 is 0. The molecule has 7 aliphatic carbocycles. The van der Waals surface area contributed by atoms with Crippen LogP contribution in [0.25, 0.3) is 0 Å². The second kappa shape index (κ2) is 3.58. The number of benzene rings is 1. The summed E-state index contributed by atoms with van der Waals surface area (Å²) >= 11 is 0. The highest BCUT2D eigenvalue weighted by Gasteiger charge is 2.77. The van der Waals surface area contributed by atoms with E-state index in [9.17, 15) is 0 Å². The Morgan fingerprint density at radius 1 is 0.696 bits per heavy atom. The van der Waals surface area contributed by atoms with E-state index in [0.29, 0.717) is 21.7 Å². The fourth-order valence-electron chi connectivity index (χ4n) is 9.55. The lowest BCUT2D eigenvalue weighted by Crippen LogP contribution is -2.75. The molecule has 7 fully saturated rings. The fourth-order valence-corrected chi connectivity index (χ4v) is 9.55. The Kier molecular flexibility index (Phi) is 2.10. The van der Waals surface area contributed by atoms with Crippen LogP contribution in [-0.2, 0) is 5.41 Å². The Hall–Kier alpha value is -0.780. The van der Waals surface area contributed by atoms with Gasteiger partial charge in [-0.2, -0.15) is 0 Å². The molecule has 0 aromatic heterocycles. The largest absolute Gasteiger partial charge is 0.0622 e. The monoisotopic (exact) mass is 306 g/mol. The molecule has 0 heteroatoms. The molecule has 122 valence electrons. The van der Waals surface area contributed by atoms with Gasteiger partial charge in [-0.05, 0) is 89.4 Å². The highest BCUT2D eigenvalue weighted by atomic mass is 14.8. The zero-order valence-electron chi connectivity index (χ0n) is 14.9. The second-order valence-electron chi connectivity index (χ2n) is 11.1. The van der Waals surface area contributed by atoms with Gasteiger partial charge in [-0.3, -0.25) is 0 Å². The van der Waals surface area contributed by atoms with Crippen LogP contribution in [0.2, 0.25) is 0 Å². The molecule has 0 heterocycles. The van der Waals surface area contributed by atoms with Gasteiger partial charge in [0.1, 0.15) is 0 Å². The highest BCUT2D eigenvalue weighted by molar-refractivity contribution is 5.35. The number of hydrogen-bond acceptors (Lipinski definition) is 0. The van der Waals surface area contributed by atoms with Crippen molar-refractivity contribution >= 4 is 0 Å². The van der Waals surface area contributed by atoms with Gasteiger partial charge < -0.3 is 0 Å². The van der Waals surface area contributed by atoms with Crippen molar-refractivity contribution < 1.29 is 0 Å². The summed E-state index contributed by atoms with van der Waals surface area (Å²) in [7, 11) is 0. The van der Waals surface area contributed by atoms with Gasteiger partial charge in [0.05, 0.1) is 0 Å². The van der Waals surface area contributed by atoms with Crippen molar-refractivity contribution in [2.45, 2.75) is 64.7 Å². The van der Waals surface area contributed by atoms with Gasteiger partial charge in [-0.1, -0.05) is 51.1 Å². The minimum atomic E-state index is 0.517. The van der Waals surface area contributed by atoms with E-state index in [2.05, 4.69) is 51.1 Å². The van der Waals surface area contributed by atoms with Crippen LogP contribution in [0.1, 0.15) is 64.9 Å². The SMILES string of the molecule is CC12CC3C4CC5(c6ccccc6)CC(C(C1)C3(C)C5)C4(C)C2. The third-order valence-electron chi connectivity index (χ3n) is 9.92. The van der Waals surface area contributed by atoms with Crippen molar-refractivity contribution in [1.29, 1.82) is 0 Å². The fraction of sp³-hybridized carbons (Fsp3) is 0.739. The maximum absolute atomic E-state index is 2.71. The summed E-state index contributed by atoms with van der Waals surface area (Å²) in [5.41, 5.74) is 4.17. The zero-order chi connectivity index (χ0) is 15.7. The molecule has 0 saturated heterocycles. The minimum absolute atomic E-state index is 0.517. The van der Waals surface area contributed by atoms with Crippen molar-refractivity contribution in [3.63, 3.8) is 0 Å². The van der Waals surface area contributed by atoms with Gasteiger partial charge in [0, 0.05) is 0 Å². The van der Waals surface area contributed by atoms with Gasteiger partial charge in [-0.15, -0.1) is 0 Å². The van der Waals surface area contributed by atoms with Crippen LogP contribution >= 0.6 is 0 Å². The zero-order valence-corrected chi connectivity index (χ0v) is 14.9. The van der Waals surface area contributed by atoms with Crippen LogP contribution in [0.3, 0.4) is 0 Å². The first-order valence-electron chi connectivity index (χ1n) is 9.94. The molecule has 1 aromatic rings. The lowest BCUT2D eigenvalue weighted by atomic mass is 9.23. The summed E-state index contributed by atoms with van der Waals surface area (Å²) in [5, 5.41) is 0. The van der Waals surface area contributed by atoms with Crippen molar-refractivity contribution in [2.24, 2.45) is 39.9 Å². The summed E-state index contributed by atoms with van der Waals surface area (Å²) in [4.78, 5) is 0. The third kappa shape index (κ3) is 1.31. The number of hydrogen-bond donors (Lipinski definition) is 0.